The van der Waals surface area contributed by atoms with Crippen LogP contribution in [0.15, 0.2) is 0 Å². The summed E-state index contributed by atoms with van der Waals surface area (Å²) in [6.45, 7) is 9.74. The Morgan fingerprint density at radius 3 is 2.50 bits per heavy atom. The Balaban J connectivity index is 1.53. The van der Waals surface area contributed by atoms with Crippen molar-refractivity contribution in [1.82, 2.24) is 20.0 Å². The van der Waals surface area contributed by atoms with E-state index in [2.05, 4.69) is 34.1 Å². The maximum Gasteiger partial charge on any atom is 0.0217 e. The molecule has 0 spiro atoms. The first-order valence-electron chi connectivity index (χ1n) is 7.57. The highest BCUT2D eigenvalue weighted by Gasteiger charge is 2.18. The number of piperidine rings is 1. The minimum absolute atomic E-state index is 0.770. The Kier molecular flexibility index (Phi) is 5.89. The fraction of sp³-hybridized carbons (Fsp3) is 1.00. The Morgan fingerprint density at radius 2 is 1.78 bits per heavy atom. The number of likely N-dealkylation sites (tertiary alicyclic amines) is 1. The standard InChI is InChI=1S/C14H30N4/c1-16-9-11-18(12-10-16)8-6-15-13-14-5-3-4-7-17(14)2/h14-15H,3-13H2,1-2H3. The SMILES string of the molecule is CN1CCN(CCNCC2CCCCN2C)CC1. The molecule has 0 aromatic carbocycles. The molecule has 2 saturated heterocycles. The average Bonchev–Trinajstić information content (AvgIpc) is 2.39. The smallest absolute Gasteiger partial charge is 0.0217 e. The van der Waals surface area contributed by atoms with Crippen LogP contribution < -0.4 is 5.32 Å². The molecule has 2 fully saturated rings. The number of likely N-dealkylation sites (N-methyl/N-ethyl adjacent to an activating group) is 2. The molecule has 0 radical (unpaired) electrons. The summed E-state index contributed by atoms with van der Waals surface area (Å²) in [5, 5.41) is 3.65. The molecule has 4 nitrogen and oxygen atoms in total. The third-order valence-corrected chi connectivity index (χ3v) is 4.50. The van der Waals surface area contributed by atoms with E-state index in [0.717, 1.165) is 12.6 Å². The van der Waals surface area contributed by atoms with Crippen LogP contribution in [0.4, 0.5) is 0 Å². The van der Waals surface area contributed by atoms with Gasteiger partial charge < -0.3 is 15.1 Å². The van der Waals surface area contributed by atoms with Crippen LogP contribution in [-0.4, -0.2) is 87.2 Å². The molecule has 0 bridgehead atoms. The van der Waals surface area contributed by atoms with Crippen LogP contribution in [0.3, 0.4) is 0 Å². The van der Waals surface area contributed by atoms with Gasteiger partial charge in [-0.15, -0.1) is 0 Å². The van der Waals surface area contributed by atoms with Crippen molar-refractivity contribution in [2.75, 3.05) is 66.5 Å². The van der Waals surface area contributed by atoms with Gasteiger partial charge in [0.25, 0.3) is 0 Å². The van der Waals surface area contributed by atoms with E-state index in [9.17, 15) is 0 Å². The molecule has 0 aromatic heterocycles. The first kappa shape index (κ1) is 14.3. The van der Waals surface area contributed by atoms with Crippen LogP contribution in [-0.2, 0) is 0 Å². The summed E-state index contributed by atoms with van der Waals surface area (Å²) in [6, 6.07) is 0.770. The normalized spacial score (nSPS) is 28.7. The van der Waals surface area contributed by atoms with E-state index >= 15 is 0 Å². The molecule has 18 heavy (non-hydrogen) atoms. The van der Waals surface area contributed by atoms with Crippen molar-refractivity contribution in [3.05, 3.63) is 0 Å². The molecule has 2 aliphatic heterocycles. The second-order valence-electron chi connectivity index (χ2n) is 5.98. The van der Waals surface area contributed by atoms with Crippen molar-refractivity contribution in [1.29, 1.82) is 0 Å². The second kappa shape index (κ2) is 7.43. The van der Waals surface area contributed by atoms with E-state index < -0.39 is 0 Å². The second-order valence-corrected chi connectivity index (χ2v) is 5.98. The summed E-state index contributed by atoms with van der Waals surface area (Å²) in [6.07, 6.45) is 4.17. The zero-order valence-corrected chi connectivity index (χ0v) is 12.2. The van der Waals surface area contributed by atoms with Gasteiger partial charge in [0.2, 0.25) is 0 Å². The molecule has 0 aromatic rings. The third-order valence-electron chi connectivity index (χ3n) is 4.50. The average molecular weight is 254 g/mol. The zero-order valence-electron chi connectivity index (χ0n) is 12.2. The summed E-state index contributed by atoms with van der Waals surface area (Å²) in [4.78, 5) is 7.52. The topological polar surface area (TPSA) is 21.8 Å². The first-order valence-corrected chi connectivity index (χ1v) is 7.57. The van der Waals surface area contributed by atoms with Crippen molar-refractivity contribution in [2.24, 2.45) is 0 Å². The van der Waals surface area contributed by atoms with Crippen molar-refractivity contribution >= 4 is 0 Å². The van der Waals surface area contributed by atoms with E-state index in [1.54, 1.807) is 0 Å². The highest BCUT2D eigenvalue weighted by Crippen LogP contribution is 2.13. The predicted octanol–water partition coefficient (Wildman–Crippen LogP) is 0.308. The Hall–Kier alpha value is -0.160. The number of piperazine rings is 1. The van der Waals surface area contributed by atoms with Gasteiger partial charge in [0, 0.05) is 51.9 Å². The van der Waals surface area contributed by atoms with E-state index in [1.165, 1.54) is 65.1 Å². The monoisotopic (exact) mass is 254 g/mol. The van der Waals surface area contributed by atoms with Gasteiger partial charge in [0.15, 0.2) is 0 Å². The molecule has 1 atom stereocenters. The molecule has 0 saturated carbocycles. The highest BCUT2D eigenvalue weighted by molar-refractivity contribution is 4.77. The van der Waals surface area contributed by atoms with Crippen molar-refractivity contribution < 1.29 is 0 Å². The number of hydrogen-bond acceptors (Lipinski definition) is 4. The van der Waals surface area contributed by atoms with Crippen LogP contribution in [0, 0.1) is 0 Å². The lowest BCUT2D eigenvalue weighted by molar-refractivity contribution is 0.150. The summed E-state index contributed by atoms with van der Waals surface area (Å²) < 4.78 is 0. The van der Waals surface area contributed by atoms with Gasteiger partial charge in [-0.3, -0.25) is 4.90 Å². The van der Waals surface area contributed by atoms with Crippen LogP contribution in [0.5, 0.6) is 0 Å². The summed E-state index contributed by atoms with van der Waals surface area (Å²) in [5.41, 5.74) is 0. The fourth-order valence-corrected chi connectivity index (χ4v) is 2.98. The van der Waals surface area contributed by atoms with E-state index in [1.807, 2.05) is 0 Å². The molecule has 2 rings (SSSR count). The molecule has 0 amide bonds. The molecule has 1 N–H and O–H groups in total. The lowest BCUT2D eigenvalue weighted by atomic mass is 10.0. The summed E-state index contributed by atoms with van der Waals surface area (Å²) >= 11 is 0. The number of nitrogens with zero attached hydrogens (tertiary/aromatic N) is 3. The van der Waals surface area contributed by atoms with E-state index in [-0.39, 0.29) is 0 Å². The van der Waals surface area contributed by atoms with E-state index in [4.69, 9.17) is 0 Å². The fourth-order valence-electron chi connectivity index (χ4n) is 2.98. The molecule has 0 aliphatic carbocycles. The van der Waals surface area contributed by atoms with Crippen LogP contribution in [0.25, 0.3) is 0 Å². The van der Waals surface area contributed by atoms with Gasteiger partial charge in [0.05, 0.1) is 0 Å². The minimum atomic E-state index is 0.770. The molecular formula is C14H30N4. The molecule has 4 heteroatoms. The largest absolute Gasteiger partial charge is 0.314 e. The Bertz CT molecular complexity index is 226. The molecule has 2 aliphatic rings. The molecule has 106 valence electrons. The van der Waals surface area contributed by atoms with Crippen LogP contribution in [0.2, 0.25) is 0 Å². The zero-order chi connectivity index (χ0) is 12.8. The van der Waals surface area contributed by atoms with Gasteiger partial charge in [-0.05, 0) is 33.5 Å². The first-order chi connectivity index (χ1) is 8.75. The maximum absolute atomic E-state index is 3.65. The van der Waals surface area contributed by atoms with Crippen LogP contribution >= 0.6 is 0 Å². The quantitative estimate of drug-likeness (QED) is 0.713. The van der Waals surface area contributed by atoms with Gasteiger partial charge in [-0.2, -0.15) is 0 Å². The van der Waals surface area contributed by atoms with Gasteiger partial charge in [-0.1, -0.05) is 6.42 Å². The van der Waals surface area contributed by atoms with Gasteiger partial charge in [-0.25, -0.2) is 0 Å². The lowest BCUT2D eigenvalue weighted by Gasteiger charge is -2.34. The third kappa shape index (κ3) is 4.50. The Labute approximate surface area is 112 Å². The lowest BCUT2D eigenvalue weighted by Crippen LogP contribution is -2.48. The minimum Gasteiger partial charge on any atom is -0.314 e. The van der Waals surface area contributed by atoms with Gasteiger partial charge in [0.1, 0.15) is 0 Å². The molecule has 2 heterocycles. The summed E-state index contributed by atoms with van der Waals surface area (Å²) in [7, 11) is 4.49. The Morgan fingerprint density at radius 1 is 1.00 bits per heavy atom. The van der Waals surface area contributed by atoms with E-state index in [0.29, 0.717) is 0 Å². The maximum atomic E-state index is 3.65. The van der Waals surface area contributed by atoms with Crippen LogP contribution in [0.1, 0.15) is 19.3 Å². The number of nitrogens with one attached hydrogen (secondary N) is 1. The van der Waals surface area contributed by atoms with Crippen molar-refractivity contribution in [3.63, 3.8) is 0 Å². The number of hydrogen-bond donors (Lipinski definition) is 1. The number of rotatable bonds is 5. The van der Waals surface area contributed by atoms with Crippen molar-refractivity contribution in [3.8, 4) is 0 Å². The molecular weight excluding hydrogens is 224 g/mol. The summed E-state index contributed by atoms with van der Waals surface area (Å²) in [5.74, 6) is 0. The van der Waals surface area contributed by atoms with Gasteiger partial charge >= 0.3 is 0 Å². The highest BCUT2D eigenvalue weighted by atomic mass is 15.2. The predicted molar refractivity (Wildman–Crippen MR) is 77.1 cm³/mol. The molecule has 1 unspecified atom stereocenters. The van der Waals surface area contributed by atoms with Crippen molar-refractivity contribution in [2.45, 2.75) is 25.3 Å².